The predicted octanol–water partition coefficient (Wildman–Crippen LogP) is 0.906. The molecule has 3 aliphatic rings. The normalized spacial score (nSPS) is 30.4. The van der Waals surface area contributed by atoms with Crippen LogP contribution in [-0.2, 0) is 16.0 Å². The smallest absolute Gasteiger partial charge is 0.330 e. The van der Waals surface area contributed by atoms with Crippen LogP contribution in [0.5, 0.6) is 0 Å². The Morgan fingerprint density at radius 2 is 2.00 bits per heavy atom. The Labute approximate surface area is 128 Å². The predicted molar refractivity (Wildman–Crippen MR) is 79.3 cm³/mol. The van der Waals surface area contributed by atoms with Gasteiger partial charge in [-0.15, -0.1) is 0 Å². The Morgan fingerprint density at radius 3 is 2.82 bits per heavy atom. The van der Waals surface area contributed by atoms with Crippen LogP contribution in [0.1, 0.15) is 18.4 Å². The van der Waals surface area contributed by atoms with E-state index in [1.165, 1.54) is 7.05 Å². The average Bonchev–Trinajstić information content (AvgIpc) is 3.01. The van der Waals surface area contributed by atoms with Crippen molar-refractivity contribution in [2.45, 2.75) is 25.3 Å². The fourth-order valence-electron chi connectivity index (χ4n) is 4.16. The van der Waals surface area contributed by atoms with Crippen LogP contribution in [0.2, 0.25) is 0 Å². The van der Waals surface area contributed by atoms with Crippen LogP contribution < -0.4 is 10.2 Å². The highest BCUT2D eigenvalue weighted by Gasteiger charge is 2.62. The summed E-state index contributed by atoms with van der Waals surface area (Å²) in [6.45, 7) is 0.835. The van der Waals surface area contributed by atoms with Crippen LogP contribution in [0.15, 0.2) is 24.3 Å². The molecule has 6 nitrogen and oxygen atoms in total. The number of amides is 4. The van der Waals surface area contributed by atoms with Gasteiger partial charge in [-0.2, -0.15) is 0 Å². The quantitative estimate of drug-likeness (QED) is 0.723. The number of nitrogens with zero attached hydrogens (tertiary/aromatic N) is 2. The van der Waals surface area contributed by atoms with E-state index in [0.717, 1.165) is 35.5 Å². The number of para-hydroxylation sites is 1. The molecule has 1 aromatic rings. The molecule has 4 rings (SSSR count). The number of benzene rings is 1. The first-order chi connectivity index (χ1) is 10.6. The summed E-state index contributed by atoms with van der Waals surface area (Å²) in [4.78, 5) is 40.5. The van der Waals surface area contributed by atoms with Gasteiger partial charge in [0.05, 0.1) is 6.04 Å². The number of hydrogen-bond donors (Lipinski definition) is 1. The first kappa shape index (κ1) is 13.3. The van der Waals surface area contributed by atoms with Crippen LogP contribution in [0.3, 0.4) is 0 Å². The lowest BCUT2D eigenvalue weighted by Crippen LogP contribution is -2.70. The fourth-order valence-corrected chi connectivity index (χ4v) is 4.16. The molecule has 0 saturated carbocycles. The molecule has 1 spiro atoms. The molecular weight excluding hydrogens is 282 g/mol. The summed E-state index contributed by atoms with van der Waals surface area (Å²) in [5, 5.41) is 2.36. The molecule has 0 bridgehead atoms. The highest BCUT2D eigenvalue weighted by molar-refractivity contribution is 6.20. The zero-order chi connectivity index (χ0) is 15.5. The van der Waals surface area contributed by atoms with Gasteiger partial charge < -0.3 is 4.90 Å². The van der Waals surface area contributed by atoms with Gasteiger partial charge in [0.15, 0.2) is 5.41 Å². The topological polar surface area (TPSA) is 69.7 Å². The largest absolute Gasteiger partial charge is 0.367 e. The number of carbonyl (C=O) groups excluding carboxylic acids is 3. The second-order valence-corrected chi connectivity index (χ2v) is 6.25. The van der Waals surface area contributed by atoms with Gasteiger partial charge in [-0.1, -0.05) is 18.2 Å². The van der Waals surface area contributed by atoms with E-state index in [9.17, 15) is 14.4 Å². The molecule has 0 aliphatic carbocycles. The summed E-state index contributed by atoms with van der Waals surface area (Å²) >= 11 is 0. The van der Waals surface area contributed by atoms with Gasteiger partial charge in [-0.05, 0) is 30.9 Å². The monoisotopic (exact) mass is 299 g/mol. The number of rotatable bonds is 0. The fraction of sp³-hybridized carbons (Fsp3) is 0.438. The number of anilines is 1. The molecule has 3 aliphatic heterocycles. The maximum Gasteiger partial charge on any atom is 0.330 e. The SMILES string of the molecule is CN1C(=O)NC(=O)[C@@]2(Cc3ccccc3N3CCC[C@H]32)C1=O. The lowest BCUT2D eigenvalue weighted by Gasteiger charge is -2.48. The third-order valence-electron chi connectivity index (χ3n) is 5.21. The Bertz CT molecular complexity index is 702. The molecule has 6 heteroatoms. The molecule has 1 N–H and O–H groups in total. The van der Waals surface area contributed by atoms with Gasteiger partial charge >= 0.3 is 6.03 Å². The van der Waals surface area contributed by atoms with Crippen LogP contribution in [0, 0.1) is 5.41 Å². The molecule has 2 saturated heterocycles. The van der Waals surface area contributed by atoms with Crippen LogP contribution in [0.25, 0.3) is 0 Å². The van der Waals surface area contributed by atoms with Gasteiger partial charge in [0.2, 0.25) is 11.8 Å². The number of carbonyl (C=O) groups is 3. The van der Waals surface area contributed by atoms with Gasteiger partial charge in [-0.25, -0.2) is 4.79 Å². The van der Waals surface area contributed by atoms with Crippen molar-refractivity contribution in [3.63, 3.8) is 0 Å². The van der Waals surface area contributed by atoms with Crippen molar-refractivity contribution in [3.8, 4) is 0 Å². The molecule has 4 amide bonds. The van der Waals surface area contributed by atoms with Crippen LogP contribution >= 0.6 is 0 Å². The summed E-state index contributed by atoms with van der Waals surface area (Å²) in [7, 11) is 1.44. The molecule has 0 aromatic heterocycles. The van der Waals surface area contributed by atoms with Crippen LogP contribution in [0.4, 0.5) is 10.5 Å². The van der Waals surface area contributed by atoms with Crippen molar-refractivity contribution in [3.05, 3.63) is 29.8 Å². The first-order valence-electron chi connectivity index (χ1n) is 7.54. The Hall–Kier alpha value is -2.37. The van der Waals surface area contributed by atoms with E-state index >= 15 is 0 Å². The molecule has 114 valence electrons. The molecule has 3 heterocycles. The lowest BCUT2D eigenvalue weighted by atomic mass is 9.68. The summed E-state index contributed by atoms with van der Waals surface area (Å²) < 4.78 is 0. The van der Waals surface area contributed by atoms with E-state index in [0.29, 0.717) is 6.42 Å². The molecular formula is C16H17N3O3. The second-order valence-electron chi connectivity index (χ2n) is 6.25. The van der Waals surface area contributed by atoms with Crippen molar-refractivity contribution in [2.75, 3.05) is 18.5 Å². The van der Waals surface area contributed by atoms with Crippen molar-refractivity contribution in [1.29, 1.82) is 0 Å². The Morgan fingerprint density at radius 1 is 1.23 bits per heavy atom. The minimum Gasteiger partial charge on any atom is -0.367 e. The zero-order valence-electron chi connectivity index (χ0n) is 12.3. The van der Waals surface area contributed by atoms with Crippen molar-refractivity contribution in [1.82, 2.24) is 10.2 Å². The number of hydrogen-bond acceptors (Lipinski definition) is 4. The summed E-state index contributed by atoms with van der Waals surface area (Å²) in [5.74, 6) is -0.834. The van der Waals surface area contributed by atoms with Crippen molar-refractivity contribution >= 4 is 23.5 Å². The molecule has 0 unspecified atom stereocenters. The number of barbiturate groups is 1. The minimum atomic E-state index is -1.19. The number of nitrogens with one attached hydrogen (secondary N) is 1. The van der Waals surface area contributed by atoms with Crippen molar-refractivity contribution in [2.24, 2.45) is 5.41 Å². The van der Waals surface area contributed by atoms with E-state index in [-0.39, 0.29) is 11.9 Å². The molecule has 2 atom stereocenters. The van der Waals surface area contributed by atoms with E-state index in [1.54, 1.807) is 0 Å². The molecule has 22 heavy (non-hydrogen) atoms. The maximum absolute atomic E-state index is 12.9. The standard InChI is InChI=1S/C16H17N3O3/c1-18-14(21)16(13(20)17-15(18)22)9-10-5-2-3-6-11(10)19-8-4-7-12(16)19/h2-3,5-6,12H,4,7-9H2,1H3,(H,17,20,22)/t12-,16-/m0/s1. The van der Waals surface area contributed by atoms with Crippen LogP contribution in [-0.4, -0.2) is 42.4 Å². The van der Waals surface area contributed by atoms with Crippen molar-refractivity contribution < 1.29 is 14.4 Å². The van der Waals surface area contributed by atoms with Gasteiger partial charge in [-0.3, -0.25) is 19.8 Å². The summed E-state index contributed by atoms with van der Waals surface area (Å²) in [6, 6.07) is 7.09. The maximum atomic E-state index is 12.9. The molecule has 2 fully saturated rings. The second kappa shape index (κ2) is 4.32. The highest BCUT2D eigenvalue weighted by Crippen LogP contribution is 2.47. The summed E-state index contributed by atoms with van der Waals surface area (Å²) in [6.07, 6.45) is 2.08. The molecule has 1 aromatic carbocycles. The van der Waals surface area contributed by atoms with E-state index < -0.39 is 17.4 Å². The summed E-state index contributed by atoms with van der Waals surface area (Å²) in [5.41, 5.74) is 0.913. The molecule has 0 radical (unpaired) electrons. The number of fused-ring (bicyclic) bond motifs is 4. The zero-order valence-corrected chi connectivity index (χ0v) is 12.3. The van der Waals surface area contributed by atoms with E-state index in [4.69, 9.17) is 0 Å². The van der Waals surface area contributed by atoms with Gasteiger partial charge in [0, 0.05) is 19.3 Å². The minimum absolute atomic E-state index is 0.176. The van der Waals surface area contributed by atoms with Gasteiger partial charge in [0.1, 0.15) is 0 Å². The van der Waals surface area contributed by atoms with E-state index in [2.05, 4.69) is 10.2 Å². The van der Waals surface area contributed by atoms with E-state index in [1.807, 2.05) is 24.3 Å². The lowest BCUT2D eigenvalue weighted by molar-refractivity contribution is -0.152. The average molecular weight is 299 g/mol. The Balaban J connectivity index is 1.90. The number of imide groups is 2. The Kier molecular flexibility index (Phi) is 2.61. The first-order valence-corrected chi connectivity index (χ1v) is 7.54. The number of urea groups is 1. The third-order valence-corrected chi connectivity index (χ3v) is 5.21. The highest BCUT2D eigenvalue weighted by atomic mass is 16.2. The van der Waals surface area contributed by atoms with Gasteiger partial charge in [0.25, 0.3) is 0 Å². The third kappa shape index (κ3) is 1.47.